The predicted molar refractivity (Wildman–Crippen MR) is 70.6 cm³/mol. The minimum absolute atomic E-state index is 0.0388. The molecule has 19 heavy (non-hydrogen) atoms. The zero-order valence-corrected chi connectivity index (χ0v) is 10.8. The van der Waals surface area contributed by atoms with E-state index >= 15 is 0 Å². The highest BCUT2D eigenvalue weighted by Gasteiger charge is 2.08. The highest BCUT2D eigenvalue weighted by Crippen LogP contribution is 2.08. The van der Waals surface area contributed by atoms with Gasteiger partial charge in [-0.1, -0.05) is 24.0 Å². The maximum Gasteiger partial charge on any atom is 0.305 e. The zero-order chi connectivity index (χ0) is 14.1. The molecule has 4 heteroatoms. The molecule has 0 aliphatic heterocycles. The van der Waals surface area contributed by atoms with Crippen LogP contribution in [0, 0.1) is 11.8 Å². The Kier molecular flexibility index (Phi) is 6.34. The standard InChI is InChI=1S/C15H16O4/c1-19-15(18)10-9-14(17)13-7-5-12(6-8-13)4-2-3-11-16/h5-8,16H,3,9-11H2,1H3. The first-order valence-electron chi connectivity index (χ1n) is 5.97. The van der Waals surface area contributed by atoms with Gasteiger partial charge in [0.25, 0.3) is 0 Å². The van der Waals surface area contributed by atoms with Crippen LogP contribution in [0.5, 0.6) is 0 Å². The summed E-state index contributed by atoms with van der Waals surface area (Å²) >= 11 is 0. The SMILES string of the molecule is COC(=O)CCC(=O)c1ccc(C#CCCO)cc1. The topological polar surface area (TPSA) is 63.6 Å². The molecule has 1 rings (SSSR count). The summed E-state index contributed by atoms with van der Waals surface area (Å²) in [4.78, 5) is 22.7. The number of ketones is 1. The molecule has 1 aromatic rings. The molecule has 0 fully saturated rings. The Hall–Kier alpha value is -2.12. The van der Waals surface area contributed by atoms with Gasteiger partial charge in [0.1, 0.15) is 0 Å². The number of ether oxygens (including phenoxy) is 1. The van der Waals surface area contributed by atoms with Crippen LogP contribution in [0.1, 0.15) is 35.2 Å². The fourth-order valence-corrected chi connectivity index (χ4v) is 1.42. The summed E-state index contributed by atoms with van der Waals surface area (Å²) in [6.45, 7) is 0.0388. The summed E-state index contributed by atoms with van der Waals surface area (Å²) < 4.78 is 4.48. The highest BCUT2D eigenvalue weighted by atomic mass is 16.5. The molecule has 0 aliphatic carbocycles. The van der Waals surface area contributed by atoms with Crippen LogP contribution in [-0.2, 0) is 9.53 Å². The fourth-order valence-electron chi connectivity index (χ4n) is 1.42. The molecule has 0 aliphatic rings. The Morgan fingerprint density at radius 3 is 2.47 bits per heavy atom. The summed E-state index contributed by atoms with van der Waals surface area (Å²) in [5.41, 5.74) is 1.34. The van der Waals surface area contributed by atoms with E-state index in [1.165, 1.54) is 7.11 Å². The maximum atomic E-state index is 11.8. The van der Waals surface area contributed by atoms with E-state index in [4.69, 9.17) is 5.11 Å². The third-order valence-corrected chi connectivity index (χ3v) is 2.46. The first-order chi connectivity index (χ1) is 9.17. The monoisotopic (exact) mass is 260 g/mol. The van der Waals surface area contributed by atoms with E-state index in [-0.39, 0.29) is 31.2 Å². The van der Waals surface area contributed by atoms with Crippen LogP contribution in [-0.4, -0.2) is 30.6 Å². The van der Waals surface area contributed by atoms with Crippen LogP contribution in [0.2, 0.25) is 0 Å². The molecule has 0 bridgehead atoms. The number of aliphatic hydroxyl groups excluding tert-OH is 1. The average molecular weight is 260 g/mol. The number of esters is 1. The largest absolute Gasteiger partial charge is 0.469 e. The molecule has 0 saturated carbocycles. The first-order valence-corrected chi connectivity index (χ1v) is 5.97. The van der Waals surface area contributed by atoms with E-state index in [0.717, 1.165) is 5.56 Å². The van der Waals surface area contributed by atoms with Crippen molar-refractivity contribution in [3.63, 3.8) is 0 Å². The Balaban J connectivity index is 2.59. The molecule has 0 heterocycles. The number of carbonyl (C=O) groups is 2. The smallest absolute Gasteiger partial charge is 0.305 e. The van der Waals surface area contributed by atoms with Crippen molar-refractivity contribution < 1.29 is 19.4 Å². The third-order valence-electron chi connectivity index (χ3n) is 2.46. The second-order valence-electron chi connectivity index (χ2n) is 3.85. The lowest BCUT2D eigenvalue weighted by molar-refractivity contribution is -0.140. The molecule has 100 valence electrons. The van der Waals surface area contributed by atoms with Gasteiger partial charge in [0.2, 0.25) is 0 Å². The fraction of sp³-hybridized carbons (Fsp3) is 0.333. The van der Waals surface area contributed by atoms with Gasteiger partial charge in [-0.3, -0.25) is 9.59 Å². The lowest BCUT2D eigenvalue weighted by Gasteiger charge is -2.00. The molecular weight excluding hydrogens is 244 g/mol. The van der Waals surface area contributed by atoms with Crippen molar-refractivity contribution in [2.45, 2.75) is 19.3 Å². The van der Waals surface area contributed by atoms with Gasteiger partial charge in [-0.15, -0.1) is 0 Å². The lowest BCUT2D eigenvalue weighted by Crippen LogP contribution is -2.05. The molecule has 0 spiro atoms. The van der Waals surface area contributed by atoms with Gasteiger partial charge >= 0.3 is 5.97 Å². The number of Topliss-reactive ketones (excluding diaryl/α,β-unsaturated/α-hetero) is 1. The summed E-state index contributed by atoms with van der Waals surface area (Å²) in [6.07, 6.45) is 0.662. The number of hydrogen-bond acceptors (Lipinski definition) is 4. The van der Waals surface area contributed by atoms with Crippen LogP contribution in [0.4, 0.5) is 0 Å². The van der Waals surface area contributed by atoms with Crippen molar-refractivity contribution in [2.24, 2.45) is 0 Å². The minimum atomic E-state index is -0.389. The Morgan fingerprint density at radius 2 is 1.89 bits per heavy atom. The summed E-state index contributed by atoms with van der Waals surface area (Å²) in [7, 11) is 1.30. The van der Waals surface area contributed by atoms with Gasteiger partial charge in [0.15, 0.2) is 5.78 Å². The number of aliphatic hydroxyl groups is 1. The van der Waals surface area contributed by atoms with Crippen molar-refractivity contribution in [1.29, 1.82) is 0 Å². The van der Waals surface area contributed by atoms with Crippen LogP contribution < -0.4 is 0 Å². The molecular formula is C15H16O4. The van der Waals surface area contributed by atoms with Crippen LogP contribution in [0.3, 0.4) is 0 Å². The van der Waals surface area contributed by atoms with Crippen molar-refractivity contribution in [1.82, 2.24) is 0 Å². The van der Waals surface area contributed by atoms with Gasteiger partial charge in [-0.05, 0) is 12.1 Å². The predicted octanol–water partition coefficient (Wildman–Crippen LogP) is 1.56. The zero-order valence-electron chi connectivity index (χ0n) is 10.8. The second-order valence-corrected chi connectivity index (χ2v) is 3.85. The van der Waals surface area contributed by atoms with E-state index in [1.807, 2.05) is 0 Å². The molecule has 1 aromatic carbocycles. The van der Waals surface area contributed by atoms with E-state index < -0.39 is 0 Å². The number of methoxy groups -OCH3 is 1. The minimum Gasteiger partial charge on any atom is -0.469 e. The molecule has 0 aromatic heterocycles. The third kappa shape index (κ3) is 5.36. The van der Waals surface area contributed by atoms with E-state index in [9.17, 15) is 9.59 Å². The van der Waals surface area contributed by atoms with E-state index in [0.29, 0.717) is 12.0 Å². The second kappa shape index (κ2) is 8.06. The van der Waals surface area contributed by atoms with Crippen molar-refractivity contribution in [2.75, 3.05) is 13.7 Å². The van der Waals surface area contributed by atoms with Crippen LogP contribution in [0.15, 0.2) is 24.3 Å². The Bertz CT molecular complexity index is 491. The number of carbonyl (C=O) groups excluding carboxylic acids is 2. The summed E-state index contributed by atoms with van der Waals surface area (Å²) in [5, 5.41) is 8.60. The number of hydrogen-bond donors (Lipinski definition) is 1. The highest BCUT2D eigenvalue weighted by molar-refractivity contribution is 5.97. The van der Waals surface area contributed by atoms with Crippen LogP contribution >= 0.6 is 0 Å². The quantitative estimate of drug-likeness (QED) is 0.495. The van der Waals surface area contributed by atoms with Crippen LogP contribution in [0.25, 0.3) is 0 Å². The van der Waals surface area contributed by atoms with Gasteiger partial charge in [-0.25, -0.2) is 0 Å². The number of benzene rings is 1. The molecule has 0 radical (unpaired) electrons. The van der Waals surface area contributed by atoms with Gasteiger partial charge in [0, 0.05) is 24.0 Å². The average Bonchev–Trinajstić information content (AvgIpc) is 2.45. The van der Waals surface area contributed by atoms with E-state index in [2.05, 4.69) is 16.6 Å². The summed E-state index contributed by atoms with van der Waals surface area (Å²) in [5.74, 6) is 5.19. The molecule has 0 amide bonds. The lowest BCUT2D eigenvalue weighted by atomic mass is 10.0. The first kappa shape index (κ1) is 14.9. The normalized spacial score (nSPS) is 9.37. The van der Waals surface area contributed by atoms with Crippen molar-refractivity contribution >= 4 is 11.8 Å². The van der Waals surface area contributed by atoms with E-state index in [1.54, 1.807) is 24.3 Å². The molecule has 4 nitrogen and oxygen atoms in total. The van der Waals surface area contributed by atoms with Crippen molar-refractivity contribution in [3.05, 3.63) is 35.4 Å². The van der Waals surface area contributed by atoms with Gasteiger partial charge in [0.05, 0.1) is 20.1 Å². The maximum absolute atomic E-state index is 11.8. The number of rotatable bonds is 5. The Morgan fingerprint density at radius 1 is 1.21 bits per heavy atom. The molecule has 0 saturated heterocycles. The molecule has 0 atom stereocenters. The van der Waals surface area contributed by atoms with Crippen molar-refractivity contribution in [3.8, 4) is 11.8 Å². The summed E-state index contributed by atoms with van der Waals surface area (Å²) in [6, 6.07) is 6.86. The van der Waals surface area contributed by atoms with Gasteiger partial charge in [-0.2, -0.15) is 0 Å². The Labute approximate surface area is 112 Å². The molecule has 1 N–H and O–H groups in total. The molecule has 0 unspecified atom stereocenters. The van der Waals surface area contributed by atoms with Gasteiger partial charge < -0.3 is 9.84 Å².